The van der Waals surface area contributed by atoms with E-state index in [1.165, 1.54) is 11.1 Å². The molecule has 1 aliphatic heterocycles. The zero-order chi connectivity index (χ0) is 26.9. The third-order valence-corrected chi connectivity index (χ3v) is 10.4. The number of aliphatic hydroxyl groups is 1. The second-order valence-corrected chi connectivity index (χ2v) is 13.0. The van der Waals surface area contributed by atoms with Crippen molar-refractivity contribution in [1.82, 2.24) is 9.55 Å². The summed E-state index contributed by atoms with van der Waals surface area (Å²) in [6.07, 6.45) is 1.45. The number of nitrogens with zero attached hydrogens (tertiary/aromatic N) is 1. The van der Waals surface area contributed by atoms with Crippen molar-refractivity contribution in [3.05, 3.63) is 139 Å². The quantitative estimate of drug-likeness (QED) is 0.255. The molecule has 38 heavy (non-hydrogen) atoms. The van der Waals surface area contributed by atoms with Crippen molar-refractivity contribution in [1.29, 1.82) is 0 Å². The summed E-state index contributed by atoms with van der Waals surface area (Å²) >= 11 is -0.128. The third-order valence-electron chi connectivity index (χ3n) is 7.22. The Hall–Kier alpha value is -3.22. The van der Waals surface area contributed by atoms with Crippen LogP contribution in [0.15, 0.2) is 94.6 Å². The predicted molar refractivity (Wildman–Crippen MR) is 150 cm³/mol. The van der Waals surface area contributed by atoms with E-state index >= 15 is 0 Å². The zero-order valence-corrected chi connectivity index (χ0v) is 23.5. The van der Waals surface area contributed by atoms with Gasteiger partial charge >= 0.3 is 229 Å². The normalized spacial score (nSPS) is 19.5. The molecule has 1 aromatic heterocycles. The van der Waals surface area contributed by atoms with Gasteiger partial charge in [0, 0.05) is 0 Å². The van der Waals surface area contributed by atoms with E-state index in [4.69, 9.17) is 4.74 Å². The van der Waals surface area contributed by atoms with E-state index in [0.29, 0.717) is 18.6 Å². The minimum absolute atomic E-state index is 0.120. The van der Waals surface area contributed by atoms with Crippen LogP contribution < -0.4 is 11.2 Å². The van der Waals surface area contributed by atoms with Crippen molar-refractivity contribution in [3.63, 3.8) is 0 Å². The fourth-order valence-electron chi connectivity index (χ4n) is 5.04. The second kappa shape index (κ2) is 10.9. The molecular weight excluding hydrogens is 543 g/mol. The number of aromatic nitrogens is 2. The number of hydrogen-bond donors (Lipinski definition) is 2. The molecule has 1 saturated heterocycles. The van der Waals surface area contributed by atoms with E-state index in [2.05, 4.69) is 79.5 Å². The molecule has 196 valence electrons. The van der Waals surface area contributed by atoms with Gasteiger partial charge in [-0.3, -0.25) is 0 Å². The van der Waals surface area contributed by atoms with Gasteiger partial charge < -0.3 is 0 Å². The van der Waals surface area contributed by atoms with Gasteiger partial charge in [0.25, 0.3) is 0 Å². The first-order chi connectivity index (χ1) is 18.3. The SMILES string of the molecule is Cc1ccc(C(OC[C@H]2[Se][C@@H](n3cc(C)c(=O)[nH]c3=O)C[C@@H]2O)(c2ccccc2)c2ccc(C)cc2)cc1. The first-order valence-electron chi connectivity index (χ1n) is 12.8. The van der Waals surface area contributed by atoms with E-state index in [-0.39, 0.29) is 30.3 Å². The van der Waals surface area contributed by atoms with Crippen LogP contribution >= 0.6 is 0 Å². The van der Waals surface area contributed by atoms with Crippen LogP contribution in [0.2, 0.25) is 4.82 Å². The average Bonchev–Trinajstić information content (AvgIpc) is 3.29. The maximum atomic E-state index is 12.5. The molecule has 0 amide bonds. The van der Waals surface area contributed by atoms with Crippen molar-refractivity contribution in [3.8, 4) is 0 Å². The average molecular weight is 576 g/mol. The summed E-state index contributed by atoms with van der Waals surface area (Å²) < 4.78 is 8.56. The molecule has 7 heteroatoms. The molecule has 0 spiro atoms. The fourth-order valence-corrected chi connectivity index (χ4v) is 8.06. The van der Waals surface area contributed by atoms with Crippen LogP contribution in [0.25, 0.3) is 0 Å². The molecule has 3 atom stereocenters. The Morgan fingerprint density at radius 1 is 0.895 bits per heavy atom. The Bertz CT molecular complexity index is 1470. The van der Waals surface area contributed by atoms with Gasteiger partial charge in [-0.1, -0.05) is 0 Å². The third kappa shape index (κ3) is 5.07. The molecule has 0 saturated carbocycles. The van der Waals surface area contributed by atoms with Crippen LogP contribution in [0.1, 0.15) is 44.7 Å². The fraction of sp³-hybridized carbons (Fsp3) is 0.290. The Morgan fingerprint density at radius 3 is 2.03 bits per heavy atom. The minimum atomic E-state index is -0.873. The summed E-state index contributed by atoms with van der Waals surface area (Å²) in [7, 11) is 0. The van der Waals surface area contributed by atoms with E-state index in [1.807, 2.05) is 18.2 Å². The topological polar surface area (TPSA) is 84.3 Å². The van der Waals surface area contributed by atoms with Gasteiger partial charge in [0.1, 0.15) is 0 Å². The van der Waals surface area contributed by atoms with Gasteiger partial charge in [-0.2, -0.15) is 0 Å². The molecule has 1 aliphatic rings. The summed E-state index contributed by atoms with van der Waals surface area (Å²) in [5.74, 6) is 0. The van der Waals surface area contributed by atoms with Gasteiger partial charge in [0.2, 0.25) is 0 Å². The number of rotatable bonds is 7. The summed E-state index contributed by atoms with van der Waals surface area (Å²) in [6, 6.07) is 27.1. The van der Waals surface area contributed by atoms with Crippen LogP contribution in [-0.4, -0.2) is 42.3 Å². The number of nitrogens with one attached hydrogen (secondary N) is 1. The Balaban J connectivity index is 1.53. The van der Waals surface area contributed by atoms with Gasteiger partial charge in [-0.25, -0.2) is 0 Å². The van der Waals surface area contributed by atoms with E-state index in [0.717, 1.165) is 16.7 Å². The number of ether oxygens (including phenoxy) is 1. The van der Waals surface area contributed by atoms with Crippen molar-refractivity contribution in [2.45, 2.75) is 48.7 Å². The molecule has 1 fully saturated rings. The van der Waals surface area contributed by atoms with E-state index < -0.39 is 17.4 Å². The van der Waals surface area contributed by atoms with Crippen molar-refractivity contribution >= 4 is 15.0 Å². The van der Waals surface area contributed by atoms with Crippen LogP contribution in [0, 0.1) is 20.8 Å². The van der Waals surface area contributed by atoms with Crippen LogP contribution in [0.5, 0.6) is 0 Å². The Labute approximate surface area is 228 Å². The molecular formula is C31H32N2O4Se. The predicted octanol–water partition coefficient (Wildman–Crippen LogP) is 4.23. The Morgan fingerprint density at radius 2 is 1.45 bits per heavy atom. The van der Waals surface area contributed by atoms with Crippen molar-refractivity contribution in [2.75, 3.05) is 6.61 Å². The van der Waals surface area contributed by atoms with E-state index in [1.54, 1.807) is 17.7 Å². The second-order valence-electron chi connectivity index (χ2n) is 10.0. The van der Waals surface area contributed by atoms with Crippen LogP contribution in [-0.2, 0) is 10.3 Å². The number of H-pyrrole nitrogens is 1. The molecule has 3 aromatic carbocycles. The number of benzene rings is 3. The number of aliphatic hydroxyl groups excluding tert-OH is 1. The molecule has 2 heterocycles. The standard InChI is InChI=1S/C31H32N2O4Se/c1-20-9-13-24(14-10-20)31(23-7-5-4-6-8-23,25-15-11-21(2)12-16-25)37-19-27-26(34)17-28(38-27)33-18-22(3)29(35)32-30(33)36/h4-16,18,26-28,34H,17,19H2,1-3H3,(H,32,35,36)/t26-,27+,28+/m0/s1. The number of aromatic amines is 1. The molecule has 0 radical (unpaired) electrons. The maximum absolute atomic E-state index is 12.5. The van der Waals surface area contributed by atoms with Gasteiger partial charge in [-0.05, 0) is 0 Å². The van der Waals surface area contributed by atoms with Gasteiger partial charge in [0.05, 0.1) is 0 Å². The van der Waals surface area contributed by atoms with Gasteiger partial charge in [-0.15, -0.1) is 0 Å². The molecule has 0 bridgehead atoms. The first-order valence-corrected chi connectivity index (χ1v) is 14.7. The molecule has 2 N–H and O–H groups in total. The molecule has 4 aromatic rings. The zero-order valence-electron chi connectivity index (χ0n) is 21.8. The number of aryl methyl sites for hydroxylation is 3. The van der Waals surface area contributed by atoms with Crippen LogP contribution in [0.4, 0.5) is 0 Å². The van der Waals surface area contributed by atoms with Crippen LogP contribution in [0.3, 0.4) is 0 Å². The first kappa shape index (κ1) is 26.4. The summed E-state index contributed by atoms with van der Waals surface area (Å²) in [5, 5.41) is 11.1. The summed E-state index contributed by atoms with van der Waals surface area (Å²) in [6.45, 7) is 6.15. The van der Waals surface area contributed by atoms with E-state index in [9.17, 15) is 14.7 Å². The van der Waals surface area contributed by atoms with Crippen molar-refractivity contribution < 1.29 is 9.84 Å². The molecule has 0 unspecified atom stereocenters. The number of hydrogen-bond acceptors (Lipinski definition) is 4. The molecule has 5 rings (SSSR count). The van der Waals surface area contributed by atoms with Gasteiger partial charge in [0.15, 0.2) is 0 Å². The molecule has 6 nitrogen and oxygen atoms in total. The van der Waals surface area contributed by atoms with Crippen molar-refractivity contribution in [2.24, 2.45) is 0 Å². The molecule has 0 aliphatic carbocycles. The monoisotopic (exact) mass is 576 g/mol. The summed E-state index contributed by atoms with van der Waals surface area (Å²) in [4.78, 5) is 26.5. The Kier molecular flexibility index (Phi) is 7.55. The summed E-state index contributed by atoms with van der Waals surface area (Å²) in [5.41, 5.74) is 4.18.